The van der Waals surface area contributed by atoms with Crippen LogP contribution in [-0.2, 0) is 9.53 Å². The van der Waals surface area contributed by atoms with Crippen molar-refractivity contribution in [2.75, 3.05) is 0 Å². The smallest absolute Gasteiger partial charge is 0.330 e. The van der Waals surface area contributed by atoms with Crippen molar-refractivity contribution in [3.05, 3.63) is 12.7 Å². The Morgan fingerprint density at radius 1 is 1.00 bits per heavy atom. The zero-order valence-electron chi connectivity index (χ0n) is 14.5. The zero-order valence-corrected chi connectivity index (χ0v) is 18.7. The van der Waals surface area contributed by atoms with Crippen molar-refractivity contribution in [1.29, 1.82) is 0 Å². The first-order valence-corrected chi connectivity index (χ1v) is 12.0. The Morgan fingerprint density at radius 2 is 1.48 bits per heavy atom. The number of rotatable bonds is 16. The van der Waals surface area contributed by atoms with Crippen molar-refractivity contribution in [2.24, 2.45) is 0 Å². The maximum Gasteiger partial charge on any atom is 0.330 e. The van der Waals surface area contributed by atoms with Gasteiger partial charge >= 0.3 is 5.97 Å². The molecular weight excluding hydrogens is 436 g/mol. The van der Waals surface area contributed by atoms with Gasteiger partial charge in [-0.15, -0.1) is 0 Å². The van der Waals surface area contributed by atoms with Crippen LogP contribution in [0, 0.1) is 0 Å². The monoisotopic (exact) mass is 466 g/mol. The van der Waals surface area contributed by atoms with Gasteiger partial charge < -0.3 is 4.74 Å². The van der Waals surface area contributed by atoms with Crippen LogP contribution in [0.5, 0.6) is 0 Å². The molecule has 0 bridgehead atoms. The van der Waals surface area contributed by atoms with Crippen molar-refractivity contribution >= 4 is 47.3 Å². The first kappa shape index (κ1) is 23.4. The molecule has 0 aliphatic carbocycles. The van der Waals surface area contributed by atoms with E-state index < -0.39 is 0 Å². The SMILES string of the molecule is C=CC(=O)OC(C)CCCCCCCCCCCC[Si]C(Br)Br. The third-order valence-corrected chi connectivity index (χ3v) is 6.71. The van der Waals surface area contributed by atoms with Gasteiger partial charge in [-0.05, 0) is 19.8 Å². The summed E-state index contributed by atoms with van der Waals surface area (Å²) >= 11 is 7.06. The summed E-state index contributed by atoms with van der Waals surface area (Å²) in [6, 6.07) is 1.35. The van der Waals surface area contributed by atoms with Gasteiger partial charge in [0.1, 0.15) is 0 Å². The van der Waals surface area contributed by atoms with Crippen molar-refractivity contribution in [1.82, 2.24) is 0 Å². The van der Waals surface area contributed by atoms with Crippen molar-refractivity contribution in [2.45, 2.75) is 93.1 Å². The van der Waals surface area contributed by atoms with Crippen molar-refractivity contribution < 1.29 is 9.53 Å². The molecule has 134 valence electrons. The minimum Gasteiger partial charge on any atom is -0.460 e. The van der Waals surface area contributed by atoms with Crippen LogP contribution in [0.2, 0.25) is 6.04 Å². The summed E-state index contributed by atoms with van der Waals surface area (Å²) in [5.41, 5.74) is 0. The van der Waals surface area contributed by atoms with Gasteiger partial charge in [0.15, 0.2) is 0 Å². The Morgan fingerprint density at radius 3 is 1.96 bits per heavy atom. The highest BCUT2D eigenvalue weighted by atomic mass is 79.9. The molecule has 1 atom stereocenters. The number of carbonyl (C=O) groups excluding carboxylic acids is 1. The summed E-state index contributed by atoms with van der Waals surface area (Å²) in [6.07, 6.45) is 15.6. The van der Waals surface area contributed by atoms with Crippen LogP contribution in [0.25, 0.3) is 0 Å². The number of unbranched alkanes of at least 4 members (excludes halogenated alkanes) is 9. The van der Waals surface area contributed by atoms with E-state index in [1.54, 1.807) is 0 Å². The van der Waals surface area contributed by atoms with Gasteiger partial charge in [0.25, 0.3) is 0 Å². The minimum atomic E-state index is -0.308. The van der Waals surface area contributed by atoms with Crippen molar-refractivity contribution in [3.8, 4) is 0 Å². The molecule has 23 heavy (non-hydrogen) atoms. The molecule has 0 saturated carbocycles. The summed E-state index contributed by atoms with van der Waals surface area (Å²) in [5, 5.41) is 0. The number of hydrogen-bond donors (Lipinski definition) is 0. The largest absolute Gasteiger partial charge is 0.460 e. The molecule has 0 amide bonds. The lowest BCUT2D eigenvalue weighted by Gasteiger charge is -2.11. The second kappa shape index (κ2) is 17.2. The fourth-order valence-corrected chi connectivity index (χ4v) is 4.53. The fraction of sp³-hybridized carbons (Fsp3) is 0.833. The summed E-state index contributed by atoms with van der Waals surface area (Å²) in [6.45, 7) is 5.36. The van der Waals surface area contributed by atoms with Gasteiger partial charge in [-0.1, -0.05) is 102 Å². The van der Waals surface area contributed by atoms with Crippen molar-refractivity contribution in [3.63, 3.8) is 0 Å². The quantitative estimate of drug-likeness (QED) is 0.0840. The second-order valence-corrected chi connectivity index (χ2v) is 12.3. The lowest BCUT2D eigenvalue weighted by atomic mass is 10.0. The molecular formula is C18H32Br2O2Si. The molecule has 0 aromatic carbocycles. The molecule has 1 unspecified atom stereocenters. The van der Waals surface area contributed by atoms with E-state index >= 15 is 0 Å². The highest BCUT2D eigenvalue weighted by Gasteiger charge is 2.05. The Bertz CT molecular complexity index is 299. The van der Waals surface area contributed by atoms with Crippen LogP contribution in [-0.4, -0.2) is 25.0 Å². The molecule has 0 heterocycles. The molecule has 0 fully saturated rings. The Labute approximate surface area is 162 Å². The molecule has 0 saturated heterocycles. The number of alkyl halides is 2. The van der Waals surface area contributed by atoms with Crippen LogP contribution in [0.4, 0.5) is 0 Å². The number of esters is 1. The van der Waals surface area contributed by atoms with Gasteiger partial charge in [0.2, 0.25) is 0 Å². The predicted octanol–water partition coefficient (Wildman–Crippen LogP) is 6.59. The molecule has 2 nitrogen and oxygen atoms in total. The van der Waals surface area contributed by atoms with Gasteiger partial charge in [0, 0.05) is 6.08 Å². The number of carbonyl (C=O) groups is 1. The maximum absolute atomic E-state index is 11.0. The topological polar surface area (TPSA) is 26.3 Å². The Balaban J connectivity index is 3.16. The van der Waals surface area contributed by atoms with Crippen LogP contribution in [0.15, 0.2) is 12.7 Å². The molecule has 0 aromatic rings. The van der Waals surface area contributed by atoms with Gasteiger partial charge in [-0.25, -0.2) is 4.79 Å². The molecule has 0 aliphatic rings. The van der Waals surface area contributed by atoms with Crippen LogP contribution < -0.4 is 0 Å². The summed E-state index contributed by atoms with van der Waals surface area (Å²) < 4.78 is 5.67. The average molecular weight is 468 g/mol. The lowest BCUT2D eigenvalue weighted by Crippen LogP contribution is -2.12. The molecule has 0 aromatic heterocycles. The lowest BCUT2D eigenvalue weighted by molar-refractivity contribution is -0.142. The minimum absolute atomic E-state index is 0.0190. The normalized spacial score (nSPS) is 12.3. The Kier molecular flexibility index (Phi) is 17.5. The molecule has 0 N–H and O–H groups in total. The maximum atomic E-state index is 11.0. The third kappa shape index (κ3) is 18.6. The second-order valence-electron chi connectivity index (χ2n) is 6.03. The standard InChI is InChI=1S/C18H32Br2O2Si/c1-3-17(21)22-16(2)14-12-10-8-6-4-5-7-9-11-13-15-23-18(19)20/h3,16,18H,1,4-15H2,2H3. The number of halogens is 2. The van der Waals surface area contributed by atoms with E-state index in [1.165, 1.54) is 69.9 Å². The average Bonchev–Trinajstić information content (AvgIpc) is 2.51. The van der Waals surface area contributed by atoms with E-state index in [-0.39, 0.29) is 12.1 Å². The fourth-order valence-electron chi connectivity index (χ4n) is 2.49. The third-order valence-electron chi connectivity index (χ3n) is 3.82. The van der Waals surface area contributed by atoms with E-state index in [0.717, 1.165) is 22.4 Å². The first-order valence-electron chi connectivity index (χ1n) is 8.91. The van der Waals surface area contributed by atoms with E-state index in [4.69, 9.17) is 4.74 Å². The summed E-state index contributed by atoms with van der Waals surface area (Å²) in [4.78, 5) is 11.0. The van der Waals surface area contributed by atoms with E-state index in [2.05, 4.69) is 38.4 Å². The predicted molar refractivity (Wildman–Crippen MR) is 109 cm³/mol. The number of ether oxygens (including phenoxy) is 1. The van der Waals surface area contributed by atoms with Crippen LogP contribution >= 0.6 is 31.9 Å². The van der Waals surface area contributed by atoms with Crippen LogP contribution in [0.3, 0.4) is 0 Å². The summed E-state index contributed by atoms with van der Waals surface area (Å²) in [5.74, 6) is -0.308. The van der Waals surface area contributed by atoms with Gasteiger partial charge in [-0.3, -0.25) is 0 Å². The van der Waals surface area contributed by atoms with Gasteiger partial charge in [-0.2, -0.15) is 0 Å². The molecule has 5 heteroatoms. The highest BCUT2D eigenvalue weighted by Crippen LogP contribution is 2.14. The molecule has 0 spiro atoms. The highest BCUT2D eigenvalue weighted by molar-refractivity contribution is 9.25. The van der Waals surface area contributed by atoms with Gasteiger partial charge in [0.05, 0.1) is 19.0 Å². The van der Waals surface area contributed by atoms with E-state index in [1.807, 2.05) is 6.92 Å². The number of hydrogen-bond acceptors (Lipinski definition) is 2. The van der Waals surface area contributed by atoms with Crippen LogP contribution in [0.1, 0.15) is 77.6 Å². The molecule has 2 radical (unpaired) electrons. The van der Waals surface area contributed by atoms with E-state index in [0.29, 0.717) is 3.36 Å². The van der Waals surface area contributed by atoms with E-state index in [9.17, 15) is 4.79 Å². The molecule has 0 aliphatic heterocycles. The zero-order chi connectivity index (χ0) is 17.3. The Hall–Kier alpha value is 0.387. The molecule has 0 rings (SSSR count). The first-order chi connectivity index (χ1) is 11.1. The summed E-state index contributed by atoms with van der Waals surface area (Å²) in [7, 11) is 0.997.